The number of nitrogens with zero attached hydrogens (tertiary/aromatic N) is 3. The number of piperazine rings is 1. The zero-order valence-corrected chi connectivity index (χ0v) is 17.2. The Bertz CT molecular complexity index is 920. The molecule has 3 rings (SSSR count). The van der Waals surface area contributed by atoms with Crippen molar-refractivity contribution in [2.45, 2.75) is 0 Å². The summed E-state index contributed by atoms with van der Waals surface area (Å²) < 4.78 is 1.05. The van der Waals surface area contributed by atoms with E-state index in [1.807, 2.05) is 17.0 Å². The molecule has 0 bridgehead atoms. The van der Waals surface area contributed by atoms with E-state index < -0.39 is 5.91 Å². The van der Waals surface area contributed by atoms with Crippen LogP contribution in [-0.4, -0.2) is 53.1 Å². The minimum atomic E-state index is -0.634. The smallest absolute Gasteiger partial charge is 0.267 e. The first-order valence-electron chi connectivity index (χ1n) is 9.12. The number of pyridine rings is 1. The van der Waals surface area contributed by atoms with Gasteiger partial charge in [-0.15, -0.1) is 0 Å². The van der Waals surface area contributed by atoms with E-state index in [2.05, 4.69) is 37.9 Å². The maximum atomic E-state index is 12.5. The molecule has 0 atom stereocenters. The lowest BCUT2D eigenvalue weighted by molar-refractivity contribution is -0.126. The van der Waals surface area contributed by atoms with Crippen molar-refractivity contribution in [3.63, 3.8) is 0 Å². The van der Waals surface area contributed by atoms with E-state index in [4.69, 9.17) is 5.21 Å². The molecular weight excluding hydrogens is 436 g/mol. The van der Waals surface area contributed by atoms with Crippen molar-refractivity contribution in [2.24, 2.45) is 0 Å². The van der Waals surface area contributed by atoms with Crippen LogP contribution in [0.4, 0.5) is 5.69 Å². The maximum absolute atomic E-state index is 12.5. The molecule has 2 N–H and O–H groups in total. The van der Waals surface area contributed by atoms with Gasteiger partial charge in [-0.25, -0.2) is 10.5 Å². The normalized spacial score (nSPS) is 14.6. The number of rotatable bonds is 5. The summed E-state index contributed by atoms with van der Waals surface area (Å²) in [6.07, 6.45) is 5.83. The van der Waals surface area contributed by atoms with Crippen molar-refractivity contribution in [3.8, 4) is 0 Å². The molecule has 2 heterocycles. The largest absolute Gasteiger partial charge is 0.368 e. The summed E-state index contributed by atoms with van der Waals surface area (Å²) in [6, 6.07) is 13.5. The molecule has 1 saturated heterocycles. The Hall–Kier alpha value is -2.97. The third kappa shape index (κ3) is 6.00. The molecule has 0 spiro atoms. The maximum Gasteiger partial charge on any atom is 0.267 e. The fourth-order valence-corrected chi connectivity index (χ4v) is 3.22. The van der Waals surface area contributed by atoms with Crippen LogP contribution >= 0.6 is 15.9 Å². The van der Waals surface area contributed by atoms with Gasteiger partial charge in [-0.3, -0.25) is 14.8 Å². The molecule has 1 fully saturated rings. The summed E-state index contributed by atoms with van der Waals surface area (Å²) in [5.41, 5.74) is 3.83. The molecule has 29 heavy (non-hydrogen) atoms. The van der Waals surface area contributed by atoms with Crippen LogP contribution in [0.2, 0.25) is 0 Å². The van der Waals surface area contributed by atoms with Crippen molar-refractivity contribution in [1.82, 2.24) is 15.4 Å². The molecule has 1 aliphatic heterocycles. The Balaban J connectivity index is 1.55. The first-order valence-corrected chi connectivity index (χ1v) is 9.91. The van der Waals surface area contributed by atoms with Gasteiger partial charge in [0, 0.05) is 48.5 Å². The first-order chi connectivity index (χ1) is 14.0. The SMILES string of the molecule is O=C(/C=C/c1cccc(/C=C/C(=O)N2CCN(c3ccc(Br)cc3)CC2)n1)NO. The lowest BCUT2D eigenvalue weighted by Gasteiger charge is -2.35. The van der Waals surface area contributed by atoms with Gasteiger partial charge >= 0.3 is 0 Å². The van der Waals surface area contributed by atoms with Crippen molar-refractivity contribution in [3.05, 3.63) is 70.5 Å². The Morgan fingerprint density at radius 1 is 0.966 bits per heavy atom. The highest BCUT2D eigenvalue weighted by Gasteiger charge is 2.19. The van der Waals surface area contributed by atoms with Crippen LogP contribution in [-0.2, 0) is 9.59 Å². The zero-order valence-electron chi connectivity index (χ0n) is 15.7. The van der Waals surface area contributed by atoms with Gasteiger partial charge in [0.2, 0.25) is 5.91 Å². The number of anilines is 1. The summed E-state index contributed by atoms with van der Waals surface area (Å²) in [7, 11) is 0. The molecule has 8 heteroatoms. The van der Waals surface area contributed by atoms with E-state index in [9.17, 15) is 9.59 Å². The lowest BCUT2D eigenvalue weighted by Crippen LogP contribution is -2.48. The number of benzene rings is 1. The number of amides is 2. The molecule has 150 valence electrons. The van der Waals surface area contributed by atoms with Crippen LogP contribution in [0.25, 0.3) is 12.2 Å². The van der Waals surface area contributed by atoms with Gasteiger partial charge in [-0.2, -0.15) is 0 Å². The van der Waals surface area contributed by atoms with E-state index in [0.29, 0.717) is 24.5 Å². The average Bonchev–Trinajstić information content (AvgIpc) is 2.76. The van der Waals surface area contributed by atoms with Crippen LogP contribution in [0.15, 0.2) is 59.1 Å². The van der Waals surface area contributed by atoms with Gasteiger partial charge in [-0.1, -0.05) is 22.0 Å². The van der Waals surface area contributed by atoms with Crippen molar-refractivity contribution >= 4 is 45.6 Å². The second-order valence-electron chi connectivity index (χ2n) is 6.42. The molecule has 0 saturated carbocycles. The molecule has 1 aromatic carbocycles. The number of carbonyl (C=O) groups is 2. The second-order valence-corrected chi connectivity index (χ2v) is 7.33. The van der Waals surface area contributed by atoms with Crippen molar-refractivity contribution in [1.29, 1.82) is 0 Å². The fraction of sp³-hybridized carbons (Fsp3) is 0.190. The molecule has 2 aromatic rings. The number of hydroxylamine groups is 1. The van der Waals surface area contributed by atoms with Crippen LogP contribution in [0.1, 0.15) is 11.4 Å². The topological polar surface area (TPSA) is 85.8 Å². The third-order valence-electron chi connectivity index (χ3n) is 4.49. The van der Waals surface area contributed by atoms with Gasteiger partial charge in [0.05, 0.1) is 11.4 Å². The molecule has 0 unspecified atom stereocenters. The first kappa shape index (κ1) is 20.8. The Labute approximate surface area is 177 Å². The van der Waals surface area contributed by atoms with Gasteiger partial charge in [-0.05, 0) is 48.6 Å². The van der Waals surface area contributed by atoms with E-state index in [-0.39, 0.29) is 5.91 Å². The average molecular weight is 457 g/mol. The fourth-order valence-electron chi connectivity index (χ4n) is 2.95. The molecule has 2 amide bonds. The highest BCUT2D eigenvalue weighted by atomic mass is 79.9. The predicted molar refractivity (Wildman–Crippen MR) is 115 cm³/mol. The zero-order chi connectivity index (χ0) is 20.6. The number of nitrogens with one attached hydrogen (secondary N) is 1. The van der Waals surface area contributed by atoms with E-state index in [0.717, 1.165) is 23.2 Å². The number of hydrogen-bond donors (Lipinski definition) is 2. The number of hydrogen-bond acceptors (Lipinski definition) is 5. The lowest BCUT2D eigenvalue weighted by atomic mass is 10.2. The summed E-state index contributed by atoms with van der Waals surface area (Å²) in [6.45, 7) is 2.89. The van der Waals surface area contributed by atoms with E-state index >= 15 is 0 Å². The monoisotopic (exact) mass is 456 g/mol. The highest BCUT2D eigenvalue weighted by molar-refractivity contribution is 9.10. The number of halogens is 1. The molecule has 0 aliphatic carbocycles. The summed E-state index contributed by atoms with van der Waals surface area (Å²) >= 11 is 3.44. The standard InChI is InChI=1S/C21H21BrN4O3/c22-16-4-8-19(9-5-16)25-12-14-26(15-13-25)21(28)11-7-18-3-1-2-17(23-18)6-10-20(27)24-29/h1-11,29H,12-15H2,(H,24,27)/b10-6+,11-7+. The molecule has 0 radical (unpaired) electrons. The number of carbonyl (C=O) groups excluding carboxylic acids is 2. The highest BCUT2D eigenvalue weighted by Crippen LogP contribution is 2.20. The molecule has 7 nitrogen and oxygen atoms in total. The molecule has 1 aromatic heterocycles. The van der Waals surface area contributed by atoms with Crippen molar-refractivity contribution < 1.29 is 14.8 Å². The van der Waals surface area contributed by atoms with Gasteiger partial charge in [0.1, 0.15) is 0 Å². The van der Waals surface area contributed by atoms with Crippen LogP contribution in [0.3, 0.4) is 0 Å². The minimum absolute atomic E-state index is 0.0529. The summed E-state index contributed by atoms with van der Waals surface area (Å²) in [4.78, 5) is 32.0. The minimum Gasteiger partial charge on any atom is -0.368 e. The summed E-state index contributed by atoms with van der Waals surface area (Å²) in [5, 5.41) is 8.50. The molecular formula is C21H21BrN4O3. The van der Waals surface area contributed by atoms with E-state index in [1.54, 1.807) is 24.3 Å². The van der Waals surface area contributed by atoms with Crippen molar-refractivity contribution in [2.75, 3.05) is 31.1 Å². The van der Waals surface area contributed by atoms with Gasteiger partial charge in [0.25, 0.3) is 5.91 Å². The predicted octanol–water partition coefficient (Wildman–Crippen LogP) is 2.72. The Morgan fingerprint density at radius 2 is 1.59 bits per heavy atom. The second kappa shape index (κ2) is 9.99. The van der Waals surface area contributed by atoms with Crippen LogP contribution in [0.5, 0.6) is 0 Å². The molecule has 1 aliphatic rings. The third-order valence-corrected chi connectivity index (χ3v) is 5.02. The Kier molecular flexibility index (Phi) is 7.15. The number of aromatic nitrogens is 1. The Morgan fingerprint density at radius 3 is 2.21 bits per heavy atom. The van der Waals surface area contributed by atoms with Gasteiger partial charge < -0.3 is 9.80 Å². The van der Waals surface area contributed by atoms with E-state index in [1.165, 1.54) is 23.7 Å². The summed E-state index contributed by atoms with van der Waals surface area (Å²) in [5.74, 6) is -0.687. The van der Waals surface area contributed by atoms with Crippen LogP contribution < -0.4 is 10.4 Å². The van der Waals surface area contributed by atoms with Gasteiger partial charge in [0.15, 0.2) is 0 Å². The van der Waals surface area contributed by atoms with Crippen LogP contribution in [0, 0.1) is 0 Å². The quantitative estimate of drug-likeness (QED) is 0.410.